The van der Waals surface area contributed by atoms with E-state index in [0.717, 1.165) is 27.9 Å². The first kappa shape index (κ1) is 19.2. The molecule has 0 atom stereocenters. The van der Waals surface area contributed by atoms with E-state index in [4.69, 9.17) is 4.74 Å². The van der Waals surface area contributed by atoms with Crippen molar-refractivity contribution in [2.24, 2.45) is 11.0 Å². The number of carbonyl (C=O) groups excluding carboxylic acids is 1. The molecule has 2 aromatic carbocycles. The first-order valence-corrected chi connectivity index (χ1v) is 9.08. The number of hydrazone groups is 1. The maximum atomic E-state index is 12.2. The van der Waals surface area contributed by atoms with Crippen LogP contribution in [0.3, 0.4) is 0 Å². The summed E-state index contributed by atoms with van der Waals surface area (Å²) in [6.45, 7) is 6.86. The number of hydrogen-bond donors (Lipinski definition) is 1. The van der Waals surface area contributed by atoms with Crippen LogP contribution in [0.5, 0.6) is 5.75 Å². The molecule has 0 aliphatic carbocycles. The van der Waals surface area contributed by atoms with Crippen LogP contribution in [-0.4, -0.2) is 18.2 Å². The second-order valence-electron chi connectivity index (χ2n) is 6.20. The molecule has 2 aromatic rings. The van der Waals surface area contributed by atoms with Crippen molar-refractivity contribution in [1.82, 2.24) is 5.43 Å². The Hall–Kier alpha value is -2.14. The minimum absolute atomic E-state index is 0.245. The minimum atomic E-state index is -0.245. The van der Waals surface area contributed by atoms with Crippen LogP contribution < -0.4 is 10.2 Å². The Kier molecular flexibility index (Phi) is 7.19. The molecule has 5 heteroatoms. The van der Waals surface area contributed by atoms with Gasteiger partial charge in [-0.05, 0) is 61.2 Å². The summed E-state index contributed by atoms with van der Waals surface area (Å²) in [4.78, 5) is 12.2. The van der Waals surface area contributed by atoms with Gasteiger partial charge in [-0.1, -0.05) is 41.9 Å². The molecule has 0 bridgehead atoms. The molecule has 0 spiro atoms. The molecular weight excluding hydrogens is 380 g/mol. The molecule has 0 heterocycles. The Morgan fingerprint density at radius 3 is 2.28 bits per heavy atom. The van der Waals surface area contributed by atoms with Gasteiger partial charge in [-0.3, -0.25) is 4.79 Å². The number of hydrogen-bond acceptors (Lipinski definition) is 3. The van der Waals surface area contributed by atoms with Crippen molar-refractivity contribution in [3.05, 3.63) is 64.1 Å². The average molecular weight is 403 g/mol. The zero-order valence-corrected chi connectivity index (χ0v) is 16.3. The number of carbonyl (C=O) groups is 1. The van der Waals surface area contributed by atoms with Gasteiger partial charge in [-0.25, -0.2) is 5.43 Å². The molecule has 25 heavy (non-hydrogen) atoms. The second-order valence-corrected chi connectivity index (χ2v) is 7.12. The molecule has 0 aliphatic heterocycles. The Morgan fingerprint density at radius 2 is 1.68 bits per heavy atom. The van der Waals surface area contributed by atoms with Crippen LogP contribution in [0.1, 0.15) is 43.1 Å². The third-order valence-electron chi connectivity index (χ3n) is 3.67. The molecule has 0 saturated carbocycles. The van der Waals surface area contributed by atoms with Crippen LogP contribution in [0.25, 0.3) is 0 Å². The average Bonchev–Trinajstić information content (AvgIpc) is 2.60. The predicted octanol–water partition coefficient (Wildman–Crippen LogP) is 5.03. The van der Waals surface area contributed by atoms with E-state index in [0.29, 0.717) is 18.1 Å². The quantitative estimate of drug-likeness (QED) is 0.521. The van der Waals surface area contributed by atoms with Crippen molar-refractivity contribution in [1.29, 1.82) is 0 Å². The van der Waals surface area contributed by atoms with E-state index in [2.05, 4.69) is 40.3 Å². The van der Waals surface area contributed by atoms with Gasteiger partial charge in [0.2, 0.25) is 0 Å². The molecule has 0 radical (unpaired) electrons. The van der Waals surface area contributed by atoms with Crippen molar-refractivity contribution in [3.8, 4) is 5.75 Å². The standard InChI is InChI=1S/C20H23BrN2O2/c1-14(2)12-13-25-19-10-6-17(7-11-19)20(24)23-22-15(3)16-4-8-18(21)9-5-16/h4-11,14H,12-13H2,1-3H3,(H,23,24)/b22-15+. The largest absolute Gasteiger partial charge is 0.494 e. The second kappa shape index (κ2) is 9.37. The van der Waals surface area contributed by atoms with Crippen LogP contribution in [-0.2, 0) is 0 Å². The summed E-state index contributed by atoms with van der Waals surface area (Å²) in [6.07, 6.45) is 1.01. The zero-order chi connectivity index (χ0) is 18.2. The Morgan fingerprint density at radius 1 is 1.08 bits per heavy atom. The van der Waals surface area contributed by atoms with E-state index in [1.54, 1.807) is 24.3 Å². The molecule has 0 unspecified atom stereocenters. The van der Waals surface area contributed by atoms with E-state index in [1.165, 1.54) is 0 Å². The van der Waals surface area contributed by atoms with E-state index < -0.39 is 0 Å². The maximum absolute atomic E-state index is 12.2. The maximum Gasteiger partial charge on any atom is 0.271 e. The van der Waals surface area contributed by atoms with Gasteiger partial charge in [0.25, 0.3) is 5.91 Å². The van der Waals surface area contributed by atoms with Crippen molar-refractivity contribution >= 4 is 27.5 Å². The SMILES string of the molecule is C/C(=N\NC(=O)c1ccc(OCCC(C)C)cc1)c1ccc(Br)cc1. The van der Waals surface area contributed by atoms with Crippen molar-refractivity contribution in [3.63, 3.8) is 0 Å². The summed E-state index contributed by atoms with van der Waals surface area (Å²) in [6, 6.07) is 14.9. The molecule has 2 rings (SSSR count). The van der Waals surface area contributed by atoms with Crippen molar-refractivity contribution in [2.45, 2.75) is 27.2 Å². The number of rotatable bonds is 7. The summed E-state index contributed by atoms with van der Waals surface area (Å²) in [5, 5.41) is 4.16. The van der Waals surface area contributed by atoms with Crippen molar-refractivity contribution < 1.29 is 9.53 Å². The fraction of sp³-hybridized carbons (Fsp3) is 0.300. The lowest BCUT2D eigenvalue weighted by molar-refractivity contribution is 0.0955. The topological polar surface area (TPSA) is 50.7 Å². The van der Waals surface area contributed by atoms with Gasteiger partial charge < -0.3 is 4.74 Å². The number of benzene rings is 2. The Labute approximate surface area is 157 Å². The van der Waals surface area contributed by atoms with E-state index >= 15 is 0 Å². The lowest BCUT2D eigenvalue weighted by Gasteiger charge is -2.08. The third kappa shape index (κ3) is 6.35. The van der Waals surface area contributed by atoms with Crippen LogP contribution >= 0.6 is 15.9 Å². The minimum Gasteiger partial charge on any atom is -0.494 e. The highest BCUT2D eigenvalue weighted by Crippen LogP contribution is 2.14. The summed E-state index contributed by atoms with van der Waals surface area (Å²) >= 11 is 3.40. The van der Waals surface area contributed by atoms with Crippen LogP contribution in [0.2, 0.25) is 0 Å². The number of ether oxygens (including phenoxy) is 1. The third-order valence-corrected chi connectivity index (χ3v) is 4.20. The molecule has 132 valence electrons. The summed E-state index contributed by atoms with van der Waals surface area (Å²) < 4.78 is 6.66. The molecule has 0 saturated heterocycles. The normalized spacial score (nSPS) is 11.5. The molecule has 1 N–H and O–H groups in total. The molecule has 0 fully saturated rings. The van der Waals surface area contributed by atoms with Gasteiger partial charge in [-0.15, -0.1) is 0 Å². The first-order chi connectivity index (χ1) is 12.0. The highest BCUT2D eigenvalue weighted by Gasteiger charge is 2.06. The Balaban J connectivity index is 1.91. The first-order valence-electron chi connectivity index (χ1n) is 8.29. The van der Waals surface area contributed by atoms with Gasteiger partial charge in [-0.2, -0.15) is 5.10 Å². The molecule has 4 nitrogen and oxygen atoms in total. The zero-order valence-electron chi connectivity index (χ0n) is 14.8. The summed E-state index contributed by atoms with van der Waals surface area (Å²) in [5.41, 5.74) is 4.83. The van der Waals surface area contributed by atoms with Gasteiger partial charge in [0, 0.05) is 10.0 Å². The van der Waals surface area contributed by atoms with Crippen LogP contribution in [0.15, 0.2) is 58.1 Å². The Bertz CT molecular complexity index is 722. The number of nitrogens with zero attached hydrogens (tertiary/aromatic N) is 1. The smallest absolute Gasteiger partial charge is 0.271 e. The van der Waals surface area contributed by atoms with Gasteiger partial charge in [0.15, 0.2) is 0 Å². The lowest BCUT2D eigenvalue weighted by Crippen LogP contribution is -2.19. The summed E-state index contributed by atoms with van der Waals surface area (Å²) in [5.74, 6) is 1.13. The highest BCUT2D eigenvalue weighted by atomic mass is 79.9. The monoisotopic (exact) mass is 402 g/mol. The van der Waals surface area contributed by atoms with Gasteiger partial charge in [0.05, 0.1) is 12.3 Å². The summed E-state index contributed by atoms with van der Waals surface area (Å²) in [7, 11) is 0. The fourth-order valence-corrected chi connectivity index (χ4v) is 2.33. The van der Waals surface area contributed by atoms with Gasteiger partial charge >= 0.3 is 0 Å². The number of halogens is 1. The van der Waals surface area contributed by atoms with E-state index in [9.17, 15) is 4.79 Å². The molecular formula is C20H23BrN2O2. The van der Waals surface area contributed by atoms with E-state index in [-0.39, 0.29) is 5.91 Å². The van der Waals surface area contributed by atoms with Gasteiger partial charge in [0.1, 0.15) is 5.75 Å². The van der Waals surface area contributed by atoms with Crippen molar-refractivity contribution in [2.75, 3.05) is 6.61 Å². The molecule has 0 aliphatic rings. The van der Waals surface area contributed by atoms with Crippen LogP contribution in [0.4, 0.5) is 0 Å². The fourth-order valence-electron chi connectivity index (χ4n) is 2.07. The lowest BCUT2D eigenvalue weighted by atomic mass is 10.1. The predicted molar refractivity (Wildman–Crippen MR) is 105 cm³/mol. The van der Waals surface area contributed by atoms with Crippen LogP contribution in [0, 0.1) is 5.92 Å². The van der Waals surface area contributed by atoms with E-state index in [1.807, 2.05) is 31.2 Å². The number of amides is 1. The molecule has 0 aromatic heterocycles. The number of nitrogens with one attached hydrogen (secondary N) is 1. The molecule has 1 amide bonds. The highest BCUT2D eigenvalue weighted by molar-refractivity contribution is 9.10.